The number of piperazine rings is 1. The van der Waals surface area contributed by atoms with Gasteiger partial charge in [-0.25, -0.2) is 8.42 Å². The normalized spacial score (nSPS) is 20.4. The topological polar surface area (TPSA) is 104 Å². The predicted molar refractivity (Wildman–Crippen MR) is 103 cm³/mol. The van der Waals surface area contributed by atoms with Crippen LogP contribution in [0.3, 0.4) is 0 Å². The van der Waals surface area contributed by atoms with Crippen LogP contribution in [0.1, 0.15) is 27.7 Å². The molecule has 10 heteroatoms. The Labute approximate surface area is 169 Å². The summed E-state index contributed by atoms with van der Waals surface area (Å²) >= 11 is 0. The lowest BCUT2D eigenvalue weighted by molar-refractivity contribution is -0.134. The van der Waals surface area contributed by atoms with Crippen molar-refractivity contribution in [3.8, 4) is 0 Å². The first-order valence-electron chi connectivity index (χ1n) is 9.35. The number of hydrogen-bond donors (Lipinski definition) is 0. The molecule has 0 saturated carbocycles. The molecule has 29 heavy (non-hydrogen) atoms. The van der Waals surface area contributed by atoms with E-state index >= 15 is 0 Å². The number of nitrogens with zero attached hydrogens (tertiary/aromatic N) is 4. The lowest BCUT2D eigenvalue weighted by Crippen LogP contribution is -2.53. The standard InChI is InChI=1S/C19H22N4O5S/c1-29(26,27)23-9-7-21(8-10-23)18(24)15-13-22(19(25)16-5-3-11-28-16)12-14-4-2-6-20-17(14)15/h2-6,11,15H,7-10,12-13H2,1H3. The second-order valence-corrected chi connectivity index (χ2v) is 9.23. The van der Waals surface area contributed by atoms with E-state index in [4.69, 9.17) is 4.42 Å². The van der Waals surface area contributed by atoms with Gasteiger partial charge in [-0.2, -0.15) is 4.31 Å². The summed E-state index contributed by atoms with van der Waals surface area (Å²) < 4.78 is 30.0. The molecule has 0 radical (unpaired) electrons. The number of rotatable bonds is 3. The zero-order valence-corrected chi connectivity index (χ0v) is 16.8. The molecule has 4 rings (SSSR count). The summed E-state index contributed by atoms with van der Waals surface area (Å²) in [6.45, 7) is 1.72. The maximum atomic E-state index is 13.3. The van der Waals surface area contributed by atoms with Gasteiger partial charge in [0.15, 0.2) is 5.76 Å². The van der Waals surface area contributed by atoms with Crippen LogP contribution in [-0.4, -0.2) is 78.3 Å². The summed E-state index contributed by atoms with van der Waals surface area (Å²) in [5.74, 6) is -0.784. The molecule has 2 amide bonds. The highest BCUT2D eigenvalue weighted by Crippen LogP contribution is 2.29. The number of carbonyl (C=O) groups excluding carboxylic acids is 2. The van der Waals surface area contributed by atoms with E-state index in [1.807, 2.05) is 6.07 Å². The minimum atomic E-state index is -3.27. The maximum absolute atomic E-state index is 13.3. The van der Waals surface area contributed by atoms with E-state index in [1.165, 1.54) is 16.8 Å². The van der Waals surface area contributed by atoms with Crippen molar-refractivity contribution in [2.24, 2.45) is 0 Å². The molecule has 2 aliphatic heterocycles. The second-order valence-electron chi connectivity index (χ2n) is 7.25. The molecular weight excluding hydrogens is 396 g/mol. The van der Waals surface area contributed by atoms with E-state index in [9.17, 15) is 18.0 Å². The smallest absolute Gasteiger partial charge is 0.289 e. The minimum Gasteiger partial charge on any atom is -0.459 e. The number of furan rings is 1. The second kappa shape index (κ2) is 7.60. The predicted octanol–water partition coefficient (Wildman–Crippen LogP) is 0.518. The van der Waals surface area contributed by atoms with Gasteiger partial charge in [0, 0.05) is 45.5 Å². The van der Waals surface area contributed by atoms with Crippen molar-refractivity contribution in [3.63, 3.8) is 0 Å². The van der Waals surface area contributed by atoms with E-state index < -0.39 is 15.9 Å². The molecular formula is C19H22N4O5S. The van der Waals surface area contributed by atoms with Crippen molar-refractivity contribution in [2.45, 2.75) is 12.5 Å². The Kier molecular flexibility index (Phi) is 5.13. The third kappa shape index (κ3) is 3.90. The van der Waals surface area contributed by atoms with E-state index in [1.54, 1.807) is 34.2 Å². The van der Waals surface area contributed by atoms with Crippen LogP contribution in [0.2, 0.25) is 0 Å². The Bertz CT molecular complexity index is 1010. The van der Waals surface area contributed by atoms with Gasteiger partial charge in [0.25, 0.3) is 5.91 Å². The summed E-state index contributed by atoms with van der Waals surface area (Å²) in [4.78, 5) is 33.7. The fourth-order valence-corrected chi connectivity index (χ4v) is 4.67. The molecule has 0 N–H and O–H groups in total. The Hall–Kier alpha value is -2.72. The monoisotopic (exact) mass is 418 g/mol. The first-order valence-corrected chi connectivity index (χ1v) is 11.2. The lowest BCUT2D eigenvalue weighted by Gasteiger charge is -2.38. The Morgan fingerprint density at radius 3 is 2.52 bits per heavy atom. The van der Waals surface area contributed by atoms with Gasteiger partial charge in [-0.1, -0.05) is 6.07 Å². The molecule has 154 valence electrons. The summed E-state index contributed by atoms with van der Waals surface area (Å²) in [5.41, 5.74) is 1.50. The van der Waals surface area contributed by atoms with Crippen molar-refractivity contribution in [2.75, 3.05) is 39.0 Å². The van der Waals surface area contributed by atoms with Crippen LogP contribution >= 0.6 is 0 Å². The van der Waals surface area contributed by atoms with E-state index in [2.05, 4.69) is 4.98 Å². The molecule has 0 aromatic carbocycles. The van der Waals surface area contributed by atoms with E-state index in [-0.39, 0.29) is 37.2 Å². The quantitative estimate of drug-likeness (QED) is 0.720. The van der Waals surface area contributed by atoms with Crippen LogP contribution in [0.4, 0.5) is 0 Å². The summed E-state index contributed by atoms with van der Waals surface area (Å²) in [6.07, 6.45) is 4.26. The van der Waals surface area contributed by atoms with Gasteiger partial charge in [-0.05, 0) is 23.8 Å². The Morgan fingerprint density at radius 1 is 1.10 bits per heavy atom. The molecule has 1 atom stereocenters. The minimum absolute atomic E-state index is 0.143. The number of hydrogen-bond acceptors (Lipinski definition) is 6. The molecule has 2 aromatic heterocycles. The number of pyridine rings is 1. The molecule has 4 heterocycles. The van der Waals surface area contributed by atoms with Gasteiger partial charge >= 0.3 is 0 Å². The highest BCUT2D eigenvalue weighted by Gasteiger charge is 2.38. The van der Waals surface area contributed by atoms with Crippen LogP contribution in [0.15, 0.2) is 41.1 Å². The number of amides is 2. The van der Waals surface area contributed by atoms with Gasteiger partial charge in [0.1, 0.15) is 0 Å². The van der Waals surface area contributed by atoms with Crippen LogP contribution in [0, 0.1) is 0 Å². The van der Waals surface area contributed by atoms with Crippen LogP contribution in [0.25, 0.3) is 0 Å². The molecule has 1 unspecified atom stereocenters. The molecule has 1 fully saturated rings. The zero-order valence-electron chi connectivity index (χ0n) is 16.0. The third-order valence-electron chi connectivity index (χ3n) is 5.36. The van der Waals surface area contributed by atoms with E-state index in [0.29, 0.717) is 25.3 Å². The summed E-state index contributed by atoms with van der Waals surface area (Å²) in [6, 6.07) is 6.90. The molecule has 1 saturated heterocycles. The van der Waals surface area contributed by atoms with Gasteiger partial charge in [-0.3, -0.25) is 14.6 Å². The average Bonchev–Trinajstić information content (AvgIpc) is 3.26. The number of aromatic nitrogens is 1. The van der Waals surface area contributed by atoms with E-state index in [0.717, 1.165) is 5.56 Å². The fourth-order valence-electron chi connectivity index (χ4n) is 3.84. The highest BCUT2D eigenvalue weighted by atomic mass is 32.2. The van der Waals surface area contributed by atoms with Crippen LogP contribution in [0.5, 0.6) is 0 Å². The Balaban J connectivity index is 1.55. The van der Waals surface area contributed by atoms with Gasteiger partial charge < -0.3 is 14.2 Å². The molecule has 2 aromatic rings. The van der Waals surface area contributed by atoms with Crippen molar-refractivity contribution in [1.29, 1.82) is 0 Å². The van der Waals surface area contributed by atoms with Crippen LogP contribution < -0.4 is 0 Å². The first-order chi connectivity index (χ1) is 13.8. The Morgan fingerprint density at radius 2 is 1.86 bits per heavy atom. The zero-order chi connectivity index (χ0) is 20.6. The van der Waals surface area contributed by atoms with Gasteiger partial charge in [0.05, 0.1) is 24.1 Å². The fraction of sp³-hybridized carbons (Fsp3) is 0.421. The number of sulfonamides is 1. The molecule has 2 aliphatic rings. The van der Waals surface area contributed by atoms with Crippen molar-refractivity contribution in [3.05, 3.63) is 53.7 Å². The molecule has 9 nitrogen and oxygen atoms in total. The summed E-state index contributed by atoms with van der Waals surface area (Å²) in [7, 11) is -3.27. The molecule has 0 spiro atoms. The highest BCUT2D eigenvalue weighted by molar-refractivity contribution is 7.88. The average molecular weight is 418 g/mol. The van der Waals surface area contributed by atoms with Crippen molar-refractivity contribution >= 4 is 21.8 Å². The lowest BCUT2D eigenvalue weighted by atomic mass is 9.93. The first kappa shape index (κ1) is 19.6. The number of carbonyl (C=O) groups is 2. The maximum Gasteiger partial charge on any atom is 0.289 e. The molecule has 0 aliphatic carbocycles. The van der Waals surface area contributed by atoms with Gasteiger partial charge in [0.2, 0.25) is 15.9 Å². The SMILES string of the molecule is CS(=O)(=O)N1CCN(C(=O)C2CN(C(=O)c3ccco3)Cc3cccnc32)CC1. The van der Waals surface area contributed by atoms with Gasteiger partial charge in [-0.15, -0.1) is 0 Å². The summed E-state index contributed by atoms with van der Waals surface area (Å²) in [5, 5.41) is 0. The van der Waals surface area contributed by atoms with Crippen LogP contribution in [-0.2, 0) is 21.4 Å². The number of fused-ring (bicyclic) bond motifs is 1. The molecule has 0 bridgehead atoms. The third-order valence-corrected chi connectivity index (χ3v) is 6.66. The largest absolute Gasteiger partial charge is 0.459 e. The van der Waals surface area contributed by atoms with Crippen molar-refractivity contribution in [1.82, 2.24) is 19.1 Å². The van der Waals surface area contributed by atoms with Crippen molar-refractivity contribution < 1.29 is 22.4 Å².